The van der Waals surface area contributed by atoms with Crippen LogP contribution in [0, 0.1) is 5.41 Å². The molecule has 164 valence electrons. The Morgan fingerprint density at radius 2 is 1.23 bits per heavy atom. The largest absolute Gasteiger partial charge is 0.534 e. The van der Waals surface area contributed by atoms with Crippen molar-refractivity contribution in [2.75, 3.05) is 0 Å². The molecule has 0 spiro atoms. The first-order valence-electron chi connectivity index (χ1n) is 10.0. The van der Waals surface area contributed by atoms with E-state index in [9.17, 15) is 28.8 Å². The van der Waals surface area contributed by atoms with E-state index in [0.717, 1.165) is 0 Å². The van der Waals surface area contributed by atoms with Crippen molar-refractivity contribution in [3.8, 4) is 0 Å². The molecule has 3 rings (SSSR count). The van der Waals surface area contributed by atoms with Gasteiger partial charge in [0.2, 0.25) is 0 Å². The fourth-order valence-corrected chi connectivity index (χ4v) is 3.77. The maximum Gasteiger partial charge on any atom is 0.534 e. The normalized spacial score (nSPS) is 27.7. The number of hydrogen-bond acceptors (Lipinski definition) is 9. The molecule has 3 fully saturated rings. The summed E-state index contributed by atoms with van der Waals surface area (Å²) in [5, 5.41) is 0.981. The minimum Gasteiger partial charge on any atom is -0.429 e. The molecular weight excluding hydrogens is 400 g/mol. The molecule has 0 atom stereocenters. The maximum absolute atomic E-state index is 12.6. The van der Waals surface area contributed by atoms with E-state index in [1.165, 1.54) is 0 Å². The van der Waals surface area contributed by atoms with E-state index in [0.29, 0.717) is 48.7 Å². The van der Waals surface area contributed by atoms with Crippen LogP contribution in [0.4, 0.5) is 4.79 Å². The van der Waals surface area contributed by atoms with E-state index in [2.05, 4.69) is 0 Å². The Morgan fingerprint density at radius 1 is 0.800 bits per heavy atom. The lowest BCUT2D eigenvalue weighted by atomic mass is 9.77. The minimum absolute atomic E-state index is 0.00114. The van der Waals surface area contributed by atoms with Crippen LogP contribution >= 0.6 is 0 Å². The van der Waals surface area contributed by atoms with Gasteiger partial charge in [0.25, 0.3) is 23.6 Å². The number of carbonyl (C=O) groups is 6. The highest BCUT2D eigenvalue weighted by molar-refractivity contribution is 6.02. The molecule has 0 N–H and O–H groups in total. The van der Waals surface area contributed by atoms with Crippen LogP contribution in [0.5, 0.6) is 0 Å². The van der Waals surface area contributed by atoms with Crippen LogP contribution in [0.2, 0.25) is 0 Å². The second-order valence-electron chi connectivity index (χ2n) is 7.97. The number of nitrogens with zero attached hydrogens (tertiary/aromatic N) is 2. The van der Waals surface area contributed by atoms with Gasteiger partial charge in [0, 0.05) is 25.7 Å². The van der Waals surface area contributed by atoms with Gasteiger partial charge >= 0.3 is 12.1 Å². The molecule has 0 aromatic rings. The molecule has 11 heteroatoms. The van der Waals surface area contributed by atoms with Gasteiger partial charge in [0.15, 0.2) is 0 Å². The number of ether oxygens (including phenoxy) is 1. The summed E-state index contributed by atoms with van der Waals surface area (Å²) in [7, 11) is 0. The first-order chi connectivity index (χ1) is 14.2. The van der Waals surface area contributed by atoms with Gasteiger partial charge < -0.3 is 9.57 Å². The standard InChI is InChI=1S/C19H24N2O9/c1-19(17(26)29-20-13(22)6-7-14(20)23)10-2-4-12(5-3-11-19)28-18(27)30-21-15(24)8-9-16(21)25/h12H,2-11H2,1H3. The molecule has 1 aliphatic carbocycles. The molecule has 2 aliphatic heterocycles. The van der Waals surface area contributed by atoms with E-state index in [1.54, 1.807) is 6.92 Å². The van der Waals surface area contributed by atoms with Crippen LogP contribution in [0.3, 0.4) is 0 Å². The Labute approximate surface area is 172 Å². The summed E-state index contributed by atoms with van der Waals surface area (Å²) in [5.41, 5.74) is -0.872. The molecule has 3 aliphatic rings. The van der Waals surface area contributed by atoms with Crippen molar-refractivity contribution in [3.63, 3.8) is 0 Å². The Hall–Kier alpha value is -2.98. The second-order valence-corrected chi connectivity index (χ2v) is 7.97. The lowest BCUT2D eigenvalue weighted by Gasteiger charge is -2.31. The van der Waals surface area contributed by atoms with Crippen molar-refractivity contribution >= 4 is 35.8 Å². The predicted octanol–water partition coefficient (Wildman–Crippen LogP) is 1.54. The van der Waals surface area contributed by atoms with E-state index < -0.39 is 47.3 Å². The van der Waals surface area contributed by atoms with Gasteiger partial charge in [-0.25, -0.2) is 9.59 Å². The molecule has 2 saturated heterocycles. The number of hydroxylamine groups is 4. The zero-order chi connectivity index (χ0) is 21.9. The van der Waals surface area contributed by atoms with Crippen molar-refractivity contribution < 1.29 is 43.2 Å². The van der Waals surface area contributed by atoms with E-state index in [1.807, 2.05) is 0 Å². The molecular formula is C19H24N2O9. The van der Waals surface area contributed by atoms with Crippen molar-refractivity contribution in [1.29, 1.82) is 0 Å². The third-order valence-corrected chi connectivity index (χ3v) is 5.62. The Bertz CT molecular complexity index is 736. The van der Waals surface area contributed by atoms with Crippen LogP contribution in [0.15, 0.2) is 0 Å². The summed E-state index contributed by atoms with van der Waals surface area (Å²) in [6.45, 7) is 1.72. The number of hydrogen-bond donors (Lipinski definition) is 0. The van der Waals surface area contributed by atoms with Gasteiger partial charge in [0.05, 0.1) is 5.41 Å². The van der Waals surface area contributed by atoms with Crippen LogP contribution in [0.1, 0.15) is 71.1 Å². The number of imide groups is 2. The fourth-order valence-electron chi connectivity index (χ4n) is 3.77. The van der Waals surface area contributed by atoms with Crippen molar-refractivity contribution in [2.24, 2.45) is 5.41 Å². The molecule has 1 saturated carbocycles. The molecule has 4 amide bonds. The Morgan fingerprint density at radius 3 is 1.70 bits per heavy atom. The van der Waals surface area contributed by atoms with Crippen molar-refractivity contribution in [1.82, 2.24) is 10.1 Å². The summed E-state index contributed by atoms with van der Waals surface area (Å²) in [4.78, 5) is 80.6. The summed E-state index contributed by atoms with van der Waals surface area (Å²) in [6, 6.07) is 0. The van der Waals surface area contributed by atoms with Gasteiger partial charge in [-0.05, 0) is 45.4 Å². The third kappa shape index (κ3) is 4.77. The van der Waals surface area contributed by atoms with Crippen molar-refractivity contribution in [2.45, 2.75) is 77.2 Å². The monoisotopic (exact) mass is 424 g/mol. The highest BCUT2D eigenvalue weighted by Crippen LogP contribution is 2.36. The lowest BCUT2D eigenvalue weighted by molar-refractivity contribution is -0.205. The Balaban J connectivity index is 1.48. The van der Waals surface area contributed by atoms with E-state index >= 15 is 0 Å². The Kier molecular flexibility index (Phi) is 6.37. The predicted molar refractivity (Wildman–Crippen MR) is 95.4 cm³/mol. The quantitative estimate of drug-likeness (QED) is 0.486. The van der Waals surface area contributed by atoms with Gasteiger partial charge in [-0.3, -0.25) is 24.0 Å². The molecule has 30 heavy (non-hydrogen) atoms. The number of carbonyl (C=O) groups excluding carboxylic acids is 6. The molecule has 0 bridgehead atoms. The number of rotatable bonds is 4. The summed E-state index contributed by atoms with van der Waals surface area (Å²) in [5.74, 6) is -2.84. The number of amides is 4. The first-order valence-corrected chi connectivity index (χ1v) is 10.0. The highest BCUT2D eigenvalue weighted by Gasteiger charge is 2.41. The van der Waals surface area contributed by atoms with E-state index in [4.69, 9.17) is 14.4 Å². The van der Waals surface area contributed by atoms with Crippen LogP contribution in [-0.4, -0.2) is 52.0 Å². The average Bonchev–Trinajstić information content (AvgIpc) is 3.16. The molecule has 0 aromatic carbocycles. The second kappa shape index (κ2) is 8.80. The van der Waals surface area contributed by atoms with Gasteiger partial charge in [-0.2, -0.15) is 0 Å². The summed E-state index contributed by atoms with van der Waals surface area (Å²) < 4.78 is 5.23. The topological polar surface area (TPSA) is 137 Å². The van der Waals surface area contributed by atoms with Gasteiger partial charge in [-0.1, -0.05) is 5.06 Å². The van der Waals surface area contributed by atoms with Gasteiger partial charge in [0.1, 0.15) is 6.10 Å². The zero-order valence-electron chi connectivity index (χ0n) is 16.7. The average molecular weight is 424 g/mol. The highest BCUT2D eigenvalue weighted by atomic mass is 16.8. The first kappa shape index (κ1) is 21.7. The smallest absolute Gasteiger partial charge is 0.429 e. The van der Waals surface area contributed by atoms with Crippen LogP contribution in [-0.2, 0) is 38.4 Å². The van der Waals surface area contributed by atoms with Gasteiger partial charge in [-0.15, -0.1) is 5.06 Å². The van der Waals surface area contributed by atoms with Crippen molar-refractivity contribution in [3.05, 3.63) is 0 Å². The van der Waals surface area contributed by atoms with Crippen LogP contribution < -0.4 is 0 Å². The molecule has 0 unspecified atom stereocenters. The fraction of sp³-hybridized carbons (Fsp3) is 0.684. The summed E-state index contributed by atoms with van der Waals surface area (Å²) >= 11 is 0. The molecule has 11 nitrogen and oxygen atoms in total. The SMILES string of the molecule is CC1(C(=O)ON2C(=O)CCC2=O)CCCC(OC(=O)ON2C(=O)CCC2=O)CCC1. The molecule has 2 heterocycles. The lowest BCUT2D eigenvalue weighted by Crippen LogP contribution is -2.40. The third-order valence-electron chi connectivity index (χ3n) is 5.62. The zero-order valence-corrected chi connectivity index (χ0v) is 16.7. The molecule has 0 radical (unpaired) electrons. The maximum atomic E-state index is 12.6. The van der Waals surface area contributed by atoms with Crippen LogP contribution in [0.25, 0.3) is 0 Å². The summed E-state index contributed by atoms with van der Waals surface area (Å²) in [6.07, 6.45) is 1.24. The van der Waals surface area contributed by atoms with E-state index in [-0.39, 0.29) is 25.7 Å². The molecule has 0 aromatic heterocycles. The minimum atomic E-state index is -1.11.